The molecule has 2 aromatic carbocycles. The Bertz CT molecular complexity index is 614. The first-order valence-corrected chi connectivity index (χ1v) is 7.84. The first kappa shape index (κ1) is 14.8. The molecule has 0 spiro atoms. The van der Waals surface area contributed by atoms with Crippen molar-refractivity contribution in [3.05, 3.63) is 65.7 Å². The molecule has 0 N–H and O–H groups in total. The zero-order chi connectivity index (χ0) is 15.4. The maximum Gasteiger partial charge on any atom is 0.176 e. The van der Waals surface area contributed by atoms with E-state index in [1.807, 2.05) is 30.3 Å². The fourth-order valence-electron chi connectivity index (χ4n) is 2.84. The van der Waals surface area contributed by atoms with E-state index in [9.17, 15) is 4.79 Å². The van der Waals surface area contributed by atoms with E-state index in [2.05, 4.69) is 41.0 Å². The normalized spacial score (nSPS) is 15.8. The summed E-state index contributed by atoms with van der Waals surface area (Å²) in [5.74, 6) is 0.212. The number of anilines is 1. The van der Waals surface area contributed by atoms with Crippen molar-refractivity contribution >= 4 is 11.5 Å². The highest BCUT2D eigenvalue weighted by molar-refractivity contribution is 5.97. The number of ketones is 1. The van der Waals surface area contributed by atoms with Crippen LogP contribution in [0.3, 0.4) is 0 Å². The molecule has 3 heteroatoms. The van der Waals surface area contributed by atoms with Crippen LogP contribution in [0.5, 0.6) is 0 Å². The molecule has 1 heterocycles. The molecule has 0 unspecified atom stereocenters. The SMILES string of the molecule is Cc1ccc(N2CCN(CC(=O)c3ccccc3)CC2)cc1. The Hall–Kier alpha value is -2.13. The van der Waals surface area contributed by atoms with Crippen LogP contribution >= 0.6 is 0 Å². The van der Waals surface area contributed by atoms with Crippen LogP contribution in [0.2, 0.25) is 0 Å². The molecule has 3 nitrogen and oxygen atoms in total. The maximum atomic E-state index is 12.2. The van der Waals surface area contributed by atoms with Crippen LogP contribution in [0.25, 0.3) is 0 Å². The molecule has 0 saturated carbocycles. The summed E-state index contributed by atoms with van der Waals surface area (Å²) in [4.78, 5) is 16.9. The second-order valence-electron chi connectivity index (χ2n) is 5.89. The lowest BCUT2D eigenvalue weighted by molar-refractivity contribution is 0.0926. The van der Waals surface area contributed by atoms with Gasteiger partial charge in [-0.05, 0) is 19.1 Å². The Morgan fingerprint density at radius 2 is 1.55 bits per heavy atom. The van der Waals surface area contributed by atoms with Crippen molar-refractivity contribution in [1.29, 1.82) is 0 Å². The number of Topliss-reactive ketones (excluding diaryl/α,β-unsaturated/α-hetero) is 1. The molecule has 1 saturated heterocycles. The smallest absolute Gasteiger partial charge is 0.176 e. The summed E-state index contributed by atoms with van der Waals surface area (Å²) in [6.45, 7) is 6.46. The number of rotatable bonds is 4. The van der Waals surface area contributed by atoms with Gasteiger partial charge in [0.2, 0.25) is 0 Å². The monoisotopic (exact) mass is 294 g/mol. The van der Waals surface area contributed by atoms with Crippen LogP contribution in [0.4, 0.5) is 5.69 Å². The standard InChI is InChI=1S/C19H22N2O/c1-16-7-9-18(10-8-16)21-13-11-20(12-14-21)15-19(22)17-5-3-2-4-6-17/h2-10H,11-15H2,1H3. The van der Waals surface area contributed by atoms with Crippen LogP contribution in [0.15, 0.2) is 54.6 Å². The van der Waals surface area contributed by atoms with Crippen molar-refractivity contribution < 1.29 is 4.79 Å². The fourth-order valence-corrected chi connectivity index (χ4v) is 2.84. The third kappa shape index (κ3) is 3.55. The van der Waals surface area contributed by atoms with E-state index >= 15 is 0 Å². The van der Waals surface area contributed by atoms with Gasteiger partial charge in [0.1, 0.15) is 0 Å². The van der Waals surface area contributed by atoms with E-state index in [1.165, 1.54) is 11.3 Å². The van der Waals surface area contributed by atoms with Gasteiger partial charge in [-0.1, -0.05) is 48.0 Å². The minimum atomic E-state index is 0.212. The highest BCUT2D eigenvalue weighted by Crippen LogP contribution is 2.17. The van der Waals surface area contributed by atoms with E-state index < -0.39 is 0 Å². The third-order valence-corrected chi connectivity index (χ3v) is 4.23. The van der Waals surface area contributed by atoms with E-state index in [0.717, 1.165) is 31.7 Å². The Labute approximate surface area is 132 Å². The average molecular weight is 294 g/mol. The lowest BCUT2D eigenvalue weighted by Gasteiger charge is -2.35. The maximum absolute atomic E-state index is 12.2. The number of carbonyl (C=O) groups is 1. The molecule has 114 valence electrons. The number of hydrogen-bond donors (Lipinski definition) is 0. The van der Waals surface area contributed by atoms with Crippen molar-refractivity contribution in [1.82, 2.24) is 4.90 Å². The first-order valence-electron chi connectivity index (χ1n) is 7.84. The predicted molar refractivity (Wildman–Crippen MR) is 90.6 cm³/mol. The number of carbonyl (C=O) groups excluding carboxylic acids is 1. The summed E-state index contributed by atoms with van der Waals surface area (Å²) < 4.78 is 0. The molecule has 3 rings (SSSR count). The Morgan fingerprint density at radius 3 is 2.18 bits per heavy atom. The second kappa shape index (κ2) is 6.75. The number of nitrogens with zero attached hydrogens (tertiary/aromatic N) is 2. The zero-order valence-electron chi connectivity index (χ0n) is 13.0. The quantitative estimate of drug-likeness (QED) is 0.810. The van der Waals surface area contributed by atoms with Crippen LogP contribution < -0.4 is 4.90 Å². The number of aryl methyl sites for hydroxylation is 1. The Kier molecular flexibility index (Phi) is 4.54. The first-order chi connectivity index (χ1) is 10.7. The van der Waals surface area contributed by atoms with Crippen LogP contribution in [-0.4, -0.2) is 43.4 Å². The number of benzene rings is 2. The van der Waals surface area contributed by atoms with Gasteiger partial charge >= 0.3 is 0 Å². The fraction of sp³-hybridized carbons (Fsp3) is 0.316. The molecular formula is C19H22N2O. The summed E-state index contributed by atoms with van der Waals surface area (Å²) in [5.41, 5.74) is 3.37. The van der Waals surface area contributed by atoms with Crippen molar-refractivity contribution in [2.75, 3.05) is 37.6 Å². The van der Waals surface area contributed by atoms with Gasteiger partial charge < -0.3 is 4.90 Å². The highest BCUT2D eigenvalue weighted by Gasteiger charge is 2.19. The zero-order valence-corrected chi connectivity index (χ0v) is 13.0. The van der Waals surface area contributed by atoms with E-state index in [4.69, 9.17) is 0 Å². The summed E-state index contributed by atoms with van der Waals surface area (Å²) in [7, 11) is 0. The van der Waals surface area contributed by atoms with Crippen molar-refractivity contribution in [2.45, 2.75) is 6.92 Å². The molecule has 2 aromatic rings. The second-order valence-corrected chi connectivity index (χ2v) is 5.89. The van der Waals surface area contributed by atoms with Gasteiger partial charge in [-0.15, -0.1) is 0 Å². The molecule has 0 atom stereocenters. The van der Waals surface area contributed by atoms with Gasteiger partial charge in [-0.25, -0.2) is 0 Å². The lowest BCUT2D eigenvalue weighted by Crippen LogP contribution is -2.48. The minimum Gasteiger partial charge on any atom is -0.369 e. The molecule has 0 aromatic heterocycles. The van der Waals surface area contributed by atoms with Gasteiger partial charge in [0.15, 0.2) is 5.78 Å². The predicted octanol–water partition coefficient (Wildman–Crippen LogP) is 3.00. The van der Waals surface area contributed by atoms with E-state index in [1.54, 1.807) is 0 Å². The van der Waals surface area contributed by atoms with Gasteiger partial charge in [0, 0.05) is 37.4 Å². The molecule has 22 heavy (non-hydrogen) atoms. The minimum absolute atomic E-state index is 0.212. The summed E-state index contributed by atoms with van der Waals surface area (Å²) in [6.07, 6.45) is 0. The summed E-state index contributed by atoms with van der Waals surface area (Å²) in [5, 5.41) is 0. The van der Waals surface area contributed by atoms with E-state index in [-0.39, 0.29) is 5.78 Å². The van der Waals surface area contributed by atoms with Gasteiger partial charge in [0.25, 0.3) is 0 Å². The third-order valence-electron chi connectivity index (χ3n) is 4.23. The van der Waals surface area contributed by atoms with Gasteiger partial charge in [-0.3, -0.25) is 9.69 Å². The van der Waals surface area contributed by atoms with Crippen molar-refractivity contribution in [3.8, 4) is 0 Å². The molecule has 1 fully saturated rings. The highest BCUT2D eigenvalue weighted by atomic mass is 16.1. The molecule has 0 bridgehead atoms. The summed E-state index contributed by atoms with van der Waals surface area (Å²) in [6, 6.07) is 18.2. The lowest BCUT2D eigenvalue weighted by atomic mass is 10.1. The number of hydrogen-bond acceptors (Lipinski definition) is 3. The van der Waals surface area contributed by atoms with Crippen molar-refractivity contribution in [2.24, 2.45) is 0 Å². The molecule has 0 aliphatic carbocycles. The van der Waals surface area contributed by atoms with Crippen LogP contribution in [0, 0.1) is 6.92 Å². The molecular weight excluding hydrogens is 272 g/mol. The molecule has 0 radical (unpaired) electrons. The Morgan fingerprint density at radius 1 is 0.909 bits per heavy atom. The average Bonchev–Trinajstić information content (AvgIpc) is 2.57. The molecule has 1 aliphatic heterocycles. The van der Waals surface area contributed by atoms with Crippen molar-refractivity contribution in [3.63, 3.8) is 0 Å². The Balaban J connectivity index is 1.53. The molecule has 0 amide bonds. The van der Waals surface area contributed by atoms with E-state index in [0.29, 0.717) is 6.54 Å². The van der Waals surface area contributed by atoms with Gasteiger partial charge in [0.05, 0.1) is 6.54 Å². The topological polar surface area (TPSA) is 23.6 Å². The van der Waals surface area contributed by atoms with Crippen LogP contribution in [-0.2, 0) is 0 Å². The largest absolute Gasteiger partial charge is 0.369 e. The molecule has 1 aliphatic rings. The van der Waals surface area contributed by atoms with Gasteiger partial charge in [-0.2, -0.15) is 0 Å². The summed E-state index contributed by atoms with van der Waals surface area (Å²) >= 11 is 0. The van der Waals surface area contributed by atoms with Crippen LogP contribution in [0.1, 0.15) is 15.9 Å². The number of piperazine rings is 1.